The van der Waals surface area contributed by atoms with Gasteiger partial charge in [0.05, 0.1) is 17.8 Å². The van der Waals surface area contributed by atoms with Gasteiger partial charge < -0.3 is 15.2 Å². The lowest BCUT2D eigenvalue weighted by Gasteiger charge is -2.28. The number of anilines is 2. The van der Waals surface area contributed by atoms with Gasteiger partial charge in [-0.05, 0) is 43.5 Å². The molecule has 0 unspecified atom stereocenters. The molecule has 5 heterocycles. The first-order chi connectivity index (χ1) is 16.3. The summed E-state index contributed by atoms with van der Waals surface area (Å²) in [4.78, 5) is 23.9. The van der Waals surface area contributed by atoms with Crippen molar-refractivity contribution in [2.45, 2.75) is 19.3 Å². The smallest absolute Gasteiger partial charge is 0.180 e. The Morgan fingerprint density at radius 1 is 1.00 bits per heavy atom. The Kier molecular flexibility index (Phi) is 4.97. The molecule has 2 aliphatic heterocycles. The zero-order chi connectivity index (χ0) is 22.2. The van der Waals surface area contributed by atoms with Gasteiger partial charge in [-0.15, -0.1) is 0 Å². The van der Waals surface area contributed by atoms with E-state index in [2.05, 4.69) is 25.2 Å². The number of imidazole rings is 1. The maximum atomic E-state index is 16.0. The van der Waals surface area contributed by atoms with Gasteiger partial charge in [0.2, 0.25) is 0 Å². The lowest BCUT2D eigenvalue weighted by molar-refractivity contribution is 0.578. The molecular weight excluding hydrogens is 417 g/mol. The zero-order valence-corrected chi connectivity index (χ0v) is 18.2. The summed E-state index contributed by atoms with van der Waals surface area (Å²) >= 11 is 0. The molecule has 6 rings (SSSR count). The fraction of sp³-hybridized carbons (Fsp3) is 0.280. The van der Waals surface area contributed by atoms with Crippen LogP contribution in [-0.4, -0.2) is 51.8 Å². The van der Waals surface area contributed by atoms with Gasteiger partial charge in [0, 0.05) is 55.0 Å². The second-order valence-corrected chi connectivity index (χ2v) is 8.41. The number of hydrogen-bond acceptors (Lipinski definition) is 6. The average molecular weight is 442 g/mol. The maximum Gasteiger partial charge on any atom is 0.180 e. The molecule has 4 aromatic rings. The number of benzene rings is 1. The van der Waals surface area contributed by atoms with Crippen LogP contribution < -0.4 is 10.2 Å². The Labute approximate surface area is 190 Å². The molecule has 0 bridgehead atoms. The molecule has 0 saturated carbocycles. The molecule has 8 heteroatoms. The van der Waals surface area contributed by atoms with Crippen LogP contribution in [0.5, 0.6) is 0 Å². The van der Waals surface area contributed by atoms with Crippen molar-refractivity contribution in [3.8, 4) is 11.1 Å². The number of halogens is 1. The highest BCUT2D eigenvalue weighted by Crippen LogP contribution is 2.33. The van der Waals surface area contributed by atoms with E-state index in [0.717, 1.165) is 29.9 Å². The number of pyridine rings is 2. The highest BCUT2D eigenvalue weighted by Gasteiger charge is 2.25. The minimum Gasteiger partial charge on any atom is -0.383 e. The number of hydrogen-bond donors (Lipinski definition) is 2. The van der Waals surface area contributed by atoms with Crippen molar-refractivity contribution in [2.75, 3.05) is 36.4 Å². The van der Waals surface area contributed by atoms with Gasteiger partial charge >= 0.3 is 0 Å². The molecule has 1 fully saturated rings. The van der Waals surface area contributed by atoms with Crippen molar-refractivity contribution in [1.29, 1.82) is 0 Å². The number of aliphatic imine (C=N–C) groups is 1. The summed E-state index contributed by atoms with van der Waals surface area (Å²) in [6.07, 6.45) is 8.76. The topological polar surface area (TPSA) is 82.1 Å². The number of aromatic amines is 1. The molecule has 166 valence electrons. The van der Waals surface area contributed by atoms with E-state index in [1.165, 1.54) is 19.3 Å². The molecule has 2 aliphatic rings. The first kappa shape index (κ1) is 19.8. The van der Waals surface area contributed by atoms with Crippen LogP contribution in [-0.2, 0) is 0 Å². The summed E-state index contributed by atoms with van der Waals surface area (Å²) < 4.78 is 16.0. The Hall–Kier alpha value is -3.81. The minimum absolute atomic E-state index is 0.335. The SMILES string of the molecule is Fc1c(-c2cccnc2)ccc2c1C(c1nc3nccc(N4CCCCC4)c3[nH]1)=NCCN2. The molecule has 0 spiro atoms. The van der Waals surface area contributed by atoms with Crippen molar-refractivity contribution in [1.82, 2.24) is 19.9 Å². The highest BCUT2D eigenvalue weighted by atomic mass is 19.1. The predicted molar refractivity (Wildman–Crippen MR) is 129 cm³/mol. The van der Waals surface area contributed by atoms with Crippen LogP contribution in [0.1, 0.15) is 30.7 Å². The van der Waals surface area contributed by atoms with Crippen LogP contribution in [0.4, 0.5) is 15.8 Å². The van der Waals surface area contributed by atoms with Crippen molar-refractivity contribution >= 4 is 28.3 Å². The van der Waals surface area contributed by atoms with Gasteiger partial charge in [0.25, 0.3) is 0 Å². The van der Waals surface area contributed by atoms with E-state index in [-0.39, 0.29) is 5.82 Å². The second kappa shape index (κ2) is 8.27. The number of benzodiazepines with no additional fused rings is 1. The number of rotatable bonds is 3. The van der Waals surface area contributed by atoms with Crippen LogP contribution in [0.3, 0.4) is 0 Å². The summed E-state index contributed by atoms with van der Waals surface area (Å²) in [5, 5.41) is 3.31. The molecular formula is C25H24FN7. The van der Waals surface area contributed by atoms with E-state index in [1.54, 1.807) is 30.7 Å². The van der Waals surface area contributed by atoms with Gasteiger partial charge in [-0.25, -0.2) is 14.4 Å². The summed E-state index contributed by atoms with van der Waals surface area (Å²) in [5.41, 5.74) is 5.45. The van der Waals surface area contributed by atoms with E-state index in [1.807, 2.05) is 18.2 Å². The summed E-state index contributed by atoms with van der Waals surface area (Å²) in [6, 6.07) is 9.38. The predicted octanol–water partition coefficient (Wildman–Crippen LogP) is 4.41. The third kappa shape index (κ3) is 3.51. The Morgan fingerprint density at radius 2 is 1.91 bits per heavy atom. The molecule has 1 aromatic carbocycles. The molecule has 0 radical (unpaired) electrons. The van der Waals surface area contributed by atoms with Crippen molar-refractivity contribution in [3.63, 3.8) is 0 Å². The number of aromatic nitrogens is 4. The Bertz CT molecular complexity index is 1340. The summed E-state index contributed by atoms with van der Waals surface area (Å²) in [7, 11) is 0. The number of H-pyrrole nitrogens is 1. The monoisotopic (exact) mass is 441 g/mol. The highest BCUT2D eigenvalue weighted by molar-refractivity contribution is 6.16. The van der Waals surface area contributed by atoms with E-state index in [4.69, 9.17) is 9.98 Å². The lowest BCUT2D eigenvalue weighted by Crippen LogP contribution is -2.29. The third-order valence-electron chi connectivity index (χ3n) is 6.34. The second-order valence-electron chi connectivity index (χ2n) is 8.41. The van der Waals surface area contributed by atoms with Crippen LogP contribution >= 0.6 is 0 Å². The van der Waals surface area contributed by atoms with E-state index in [9.17, 15) is 0 Å². The van der Waals surface area contributed by atoms with E-state index < -0.39 is 0 Å². The molecule has 3 aromatic heterocycles. The molecule has 2 N–H and O–H groups in total. The number of piperidine rings is 1. The standard InChI is InChI=1S/C25H24FN7/c26-21-17(16-5-4-9-27-15-16)6-7-18-20(21)23(29-12-11-28-18)25-31-22-19(8-10-30-24(22)32-25)33-13-2-1-3-14-33/h4-10,15,28H,1-3,11-14H2,(H,30,31,32). The molecule has 0 atom stereocenters. The zero-order valence-electron chi connectivity index (χ0n) is 18.2. The normalized spacial score (nSPS) is 16.2. The molecule has 33 heavy (non-hydrogen) atoms. The van der Waals surface area contributed by atoms with E-state index >= 15 is 4.39 Å². The van der Waals surface area contributed by atoms with Gasteiger partial charge in [-0.2, -0.15) is 0 Å². The van der Waals surface area contributed by atoms with E-state index in [0.29, 0.717) is 47.1 Å². The van der Waals surface area contributed by atoms with Crippen molar-refractivity contribution < 1.29 is 4.39 Å². The quantitative estimate of drug-likeness (QED) is 0.492. The Balaban J connectivity index is 1.49. The van der Waals surface area contributed by atoms with Crippen LogP contribution in [0.25, 0.3) is 22.3 Å². The summed E-state index contributed by atoms with van der Waals surface area (Å²) in [6.45, 7) is 3.18. The van der Waals surface area contributed by atoms with Gasteiger partial charge in [0.15, 0.2) is 11.5 Å². The maximum absolute atomic E-state index is 16.0. The van der Waals surface area contributed by atoms with Gasteiger partial charge in [0.1, 0.15) is 17.0 Å². The van der Waals surface area contributed by atoms with Crippen LogP contribution in [0.2, 0.25) is 0 Å². The van der Waals surface area contributed by atoms with Crippen molar-refractivity contribution in [2.24, 2.45) is 4.99 Å². The van der Waals surface area contributed by atoms with Gasteiger partial charge in [-0.1, -0.05) is 6.07 Å². The first-order valence-corrected chi connectivity index (χ1v) is 11.4. The molecule has 1 saturated heterocycles. The van der Waals surface area contributed by atoms with Crippen molar-refractivity contribution in [3.05, 3.63) is 66.1 Å². The molecule has 0 aliphatic carbocycles. The fourth-order valence-electron chi connectivity index (χ4n) is 4.74. The number of fused-ring (bicyclic) bond motifs is 2. The lowest BCUT2D eigenvalue weighted by atomic mass is 9.98. The first-order valence-electron chi connectivity index (χ1n) is 11.4. The average Bonchev–Trinajstić information content (AvgIpc) is 3.18. The minimum atomic E-state index is -0.335. The third-order valence-corrected chi connectivity index (χ3v) is 6.34. The number of nitrogens with one attached hydrogen (secondary N) is 2. The fourth-order valence-corrected chi connectivity index (χ4v) is 4.74. The molecule has 0 amide bonds. The van der Waals surface area contributed by atoms with Gasteiger partial charge in [-0.3, -0.25) is 9.98 Å². The number of nitrogens with zero attached hydrogens (tertiary/aromatic N) is 5. The van der Waals surface area contributed by atoms with Crippen LogP contribution in [0, 0.1) is 5.82 Å². The largest absolute Gasteiger partial charge is 0.383 e. The summed E-state index contributed by atoms with van der Waals surface area (Å²) in [5.74, 6) is 0.201. The Morgan fingerprint density at radius 3 is 2.76 bits per heavy atom. The molecule has 7 nitrogen and oxygen atoms in total. The van der Waals surface area contributed by atoms with Crippen LogP contribution in [0.15, 0.2) is 53.9 Å².